The third-order valence-corrected chi connectivity index (χ3v) is 6.13. The molecule has 0 aromatic heterocycles. The molecule has 0 aliphatic heterocycles. The molecule has 3 rings (SSSR count). The van der Waals surface area contributed by atoms with Crippen LogP contribution in [0.3, 0.4) is 0 Å². The van der Waals surface area contributed by atoms with Crippen LogP contribution < -0.4 is 4.74 Å². The summed E-state index contributed by atoms with van der Waals surface area (Å²) < 4.78 is 12.4. The van der Waals surface area contributed by atoms with E-state index in [0.29, 0.717) is 12.5 Å². The molecule has 2 atom stereocenters. The molecule has 2 fully saturated rings. The van der Waals surface area contributed by atoms with E-state index in [1.165, 1.54) is 31.2 Å². The largest absolute Gasteiger partial charge is 0.490 e. The Labute approximate surface area is 164 Å². The molecule has 2 aliphatic rings. The number of esters is 1. The number of hydrogen-bond donors (Lipinski definition) is 0. The van der Waals surface area contributed by atoms with Crippen molar-refractivity contribution in [3.05, 3.63) is 29.8 Å². The first-order valence-corrected chi connectivity index (χ1v) is 11.2. The van der Waals surface area contributed by atoms with E-state index in [0.717, 1.165) is 57.1 Å². The summed E-state index contributed by atoms with van der Waals surface area (Å²) in [5.74, 6) is 1.27. The van der Waals surface area contributed by atoms with Crippen molar-refractivity contribution in [3.8, 4) is 5.75 Å². The van der Waals surface area contributed by atoms with Crippen LogP contribution in [0.5, 0.6) is 5.75 Å². The van der Waals surface area contributed by atoms with Crippen molar-refractivity contribution in [3.63, 3.8) is 0 Å². The van der Waals surface area contributed by atoms with Gasteiger partial charge < -0.3 is 9.47 Å². The number of para-hydroxylation sites is 1. The van der Waals surface area contributed by atoms with Gasteiger partial charge in [0.25, 0.3) is 0 Å². The van der Waals surface area contributed by atoms with Gasteiger partial charge in [0, 0.05) is 17.9 Å². The van der Waals surface area contributed by atoms with E-state index < -0.39 is 0 Å². The Bertz CT molecular complexity index is 577. The van der Waals surface area contributed by atoms with Crippen LogP contribution in [0.1, 0.15) is 102 Å². The lowest BCUT2D eigenvalue weighted by atomic mass is 9.81. The van der Waals surface area contributed by atoms with Crippen LogP contribution >= 0.6 is 0 Å². The maximum Gasteiger partial charge on any atom is 0.306 e. The van der Waals surface area contributed by atoms with E-state index in [-0.39, 0.29) is 18.0 Å². The number of ether oxygens (including phenoxy) is 2. The van der Waals surface area contributed by atoms with E-state index in [4.69, 9.17) is 9.47 Å². The number of carbonyl (C=O) groups excluding carboxylic acids is 1. The van der Waals surface area contributed by atoms with Crippen LogP contribution in [0.25, 0.3) is 0 Å². The molecule has 1 aromatic rings. The van der Waals surface area contributed by atoms with E-state index in [1.807, 2.05) is 0 Å². The van der Waals surface area contributed by atoms with Crippen LogP contribution in [0.2, 0.25) is 0 Å². The highest BCUT2D eigenvalue weighted by molar-refractivity contribution is 5.69. The summed E-state index contributed by atoms with van der Waals surface area (Å²) in [6.45, 7) is 2.16. The Hall–Kier alpha value is -1.51. The minimum absolute atomic E-state index is 0.00369. The van der Waals surface area contributed by atoms with E-state index in [1.54, 1.807) is 0 Å². The second-order valence-electron chi connectivity index (χ2n) is 8.29. The van der Waals surface area contributed by atoms with Crippen LogP contribution in [0, 0.1) is 0 Å². The zero-order valence-corrected chi connectivity index (χ0v) is 17.0. The first-order chi connectivity index (χ1) is 13.3. The predicted molar refractivity (Wildman–Crippen MR) is 109 cm³/mol. The van der Waals surface area contributed by atoms with Crippen molar-refractivity contribution in [2.75, 3.05) is 0 Å². The lowest BCUT2D eigenvalue weighted by Gasteiger charge is -2.33. The molecule has 2 saturated carbocycles. The molecule has 27 heavy (non-hydrogen) atoms. The Morgan fingerprint density at radius 2 is 1.70 bits per heavy atom. The van der Waals surface area contributed by atoms with Crippen molar-refractivity contribution in [1.82, 2.24) is 0 Å². The number of unbranched alkanes of at least 4 members (excludes halogenated alkanes) is 2. The molecular weight excluding hydrogens is 336 g/mol. The van der Waals surface area contributed by atoms with Gasteiger partial charge in [-0.05, 0) is 57.4 Å². The third kappa shape index (κ3) is 5.99. The van der Waals surface area contributed by atoms with E-state index in [9.17, 15) is 4.79 Å². The fourth-order valence-electron chi connectivity index (χ4n) is 4.60. The van der Waals surface area contributed by atoms with Gasteiger partial charge in [-0.25, -0.2) is 0 Å². The molecule has 0 amide bonds. The molecule has 3 heteroatoms. The van der Waals surface area contributed by atoms with Crippen molar-refractivity contribution in [1.29, 1.82) is 0 Å². The van der Waals surface area contributed by atoms with Gasteiger partial charge in [-0.2, -0.15) is 0 Å². The normalized spacial score (nSPS) is 23.7. The SMILES string of the molecule is CCCCCC(=O)O[C@@H]1CCCC[C@H]1c1ccccc1OC1CCCCC1. The molecule has 0 bridgehead atoms. The van der Waals surface area contributed by atoms with Crippen molar-refractivity contribution in [2.24, 2.45) is 0 Å². The number of hydrogen-bond acceptors (Lipinski definition) is 3. The predicted octanol–water partition coefficient (Wildman–Crippen LogP) is 6.55. The summed E-state index contributed by atoms with van der Waals surface area (Å²) in [5.41, 5.74) is 1.24. The average Bonchev–Trinajstić information content (AvgIpc) is 2.70. The summed E-state index contributed by atoms with van der Waals surface area (Å²) in [4.78, 5) is 12.3. The highest BCUT2D eigenvalue weighted by Gasteiger charge is 2.32. The molecule has 0 spiro atoms. The van der Waals surface area contributed by atoms with Crippen molar-refractivity contribution < 1.29 is 14.3 Å². The molecule has 0 heterocycles. The molecule has 1 aromatic carbocycles. The summed E-state index contributed by atoms with van der Waals surface area (Å²) in [6.07, 6.45) is 14.7. The number of benzene rings is 1. The third-order valence-electron chi connectivity index (χ3n) is 6.13. The van der Waals surface area contributed by atoms with Gasteiger partial charge >= 0.3 is 5.97 Å². The first-order valence-electron chi connectivity index (χ1n) is 11.2. The molecular formula is C24H36O3. The summed E-state index contributed by atoms with van der Waals surface area (Å²) >= 11 is 0. The standard InChI is InChI=1S/C24H36O3/c1-2-3-5-18-24(25)27-23-17-11-9-15-21(23)20-14-8-10-16-22(20)26-19-12-6-4-7-13-19/h8,10,14,16,19,21,23H,2-7,9,11-13,15,17-18H2,1H3/t21-,23+/m0/s1. The summed E-state index contributed by atoms with van der Waals surface area (Å²) in [7, 11) is 0. The van der Waals surface area contributed by atoms with Gasteiger partial charge in [-0.1, -0.05) is 50.8 Å². The summed E-state index contributed by atoms with van der Waals surface area (Å²) in [6, 6.07) is 8.46. The number of carbonyl (C=O) groups is 1. The molecule has 150 valence electrons. The Kier molecular flexibility index (Phi) is 8.04. The lowest BCUT2D eigenvalue weighted by molar-refractivity contribution is -0.151. The highest BCUT2D eigenvalue weighted by atomic mass is 16.5. The maximum absolute atomic E-state index is 12.3. The van der Waals surface area contributed by atoms with Crippen LogP contribution in [0.4, 0.5) is 0 Å². The molecule has 0 saturated heterocycles. The molecule has 3 nitrogen and oxygen atoms in total. The second kappa shape index (κ2) is 10.7. The topological polar surface area (TPSA) is 35.5 Å². The van der Waals surface area contributed by atoms with Gasteiger partial charge in [-0.3, -0.25) is 4.79 Å². The van der Waals surface area contributed by atoms with Crippen LogP contribution in [-0.2, 0) is 9.53 Å². The second-order valence-corrected chi connectivity index (χ2v) is 8.29. The molecule has 0 unspecified atom stereocenters. The molecule has 0 radical (unpaired) electrons. The van der Waals surface area contributed by atoms with Gasteiger partial charge in [0.1, 0.15) is 11.9 Å². The number of rotatable bonds is 8. The van der Waals surface area contributed by atoms with Gasteiger partial charge in [0.2, 0.25) is 0 Å². The fourth-order valence-corrected chi connectivity index (χ4v) is 4.60. The van der Waals surface area contributed by atoms with E-state index in [2.05, 4.69) is 31.2 Å². The summed E-state index contributed by atoms with van der Waals surface area (Å²) in [5, 5.41) is 0. The molecule has 0 N–H and O–H groups in total. The fraction of sp³-hybridized carbons (Fsp3) is 0.708. The quantitative estimate of drug-likeness (QED) is 0.383. The van der Waals surface area contributed by atoms with Crippen molar-refractivity contribution >= 4 is 5.97 Å². The van der Waals surface area contributed by atoms with Crippen LogP contribution in [-0.4, -0.2) is 18.2 Å². The Morgan fingerprint density at radius 3 is 2.52 bits per heavy atom. The van der Waals surface area contributed by atoms with E-state index >= 15 is 0 Å². The maximum atomic E-state index is 12.3. The minimum atomic E-state index is -0.0222. The van der Waals surface area contributed by atoms with Gasteiger partial charge in [-0.15, -0.1) is 0 Å². The highest BCUT2D eigenvalue weighted by Crippen LogP contribution is 2.40. The zero-order valence-electron chi connectivity index (χ0n) is 17.0. The lowest BCUT2D eigenvalue weighted by Crippen LogP contribution is -2.29. The van der Waals surface area contributed by atoms with Crippen LogP contribution in [0.15, 0.2) is 24.3 Å². The van der Waals surface area contributed by atoms with Gasteiger partial charge in [0.05, 0.1) is 6.10 Å². The molecule has 2 aliphatic carbocycles. The first kappa shape index (κ1) is 20.2. The monoisotopic (exact) mass is 372 g/mol. The Balaban J connectivity index is 1.67. The van der Waals surface area contributed by atoms with Crippen molar-refractivity contribution in [2.45, 2.75) is 109 Å². The average molecular weight is 373 g/mol. The zero-order chi connectivity index (χ0) is 18.9. The Morgan fingerprint density at radius 1 is 0.963 bits per heavy atom. The smallest absolute Gasteiger partial charge is 0.306 e. The minimum Gasteiger partial charge on any atom is -0.490 e. The van der Waals surface area contributed by atoms with Gasteiger partial charge in [0.15, 0.2) is 0 Å².